The first-order valence-electron chi connectivity index (χ1n) is 8.04. The van der Waals surface area contributed by atoms with E-state index in [0.717, 1.165) is 32.1 Å². The summed E-state index contributed by atoms with van der Waals surface area (Å²) in [4.78, 5) is 22.5. The van der Waals surface area contributed by atoms with Gasteiger partial charge in [0.1, 0.15) is 5.78 Å². The maximum Gasteiger partial charge on any atom is 0.303 e. The molecule has 2 N–H and O–H groups in total. The van der Waals surface area contributed by atoms with E-state index in [0.29, 0.717) is 19.3 Å². The molecule has 1 saturated heterocycles. The van der Waals surface area contributed by atoms with Crippen molar-refractivity contribution in [1.82, 2.24) is 0 Å². The zero-order chi connectivity index (χ0) is 15.5. The Bertz CT molecular complexity index is 390. The number of Topliss-reactive ketones (excluding diaryl/α,β-unsaturated/α-hetero) is 1. The fourth-order valence-corrected chi connectivity index (χ4v) is 3.70. The zero-order valence-electron chi connectivity index (χ0n) is 12.7. The van der Waals surface area contributed by atoms with E-state index in [2.05, 4.69) is 0 Å². The Kier molecular flexibility index (Phi) is 5.38. The van der Waals surface area contributed by atoms with Gasteiger partial charge in [0.2, 0.25) is 0 Å². The summed E-state index contributed by atoms with van der Waals surface area (Å²) in [5, 5.41) is 18.5. The topological polar surface area (TPSA) is 83.8 Å². The van der Waals surface area contributed by atoms with Crippen molar-refractivity contribution < 1.29 is 24.5 Å². The lowest BCUT2D eigenvalue weighted by Crippen LogP contribution is -2.41. The van der Waals surface area contributed by atoms with Crippen LogP contribution in [0.5, 0.6) is 0 Å². The number of carbonyl (C=O) groups is 2. The Morgan fingerprint density at radius 3 is 2.76 bits per heavy atom. The number of hydrogen-bond donors (Lipinski definition) is 2. The standard InChI is InChI=1S/C16H26O5/c1-16(20)9-8-12-11(13(17)10-14(12)21-16)6-4-2-3-5-7-15(18)19/h11-12,14,20H,2-10H2,1H3,(H,18,19)/t11-,12-,14-,16+/m1/s1. The molecule has 0 spiro atoms. The van der Waals surface area contributed by atoms with Crippen molar-refractivity contribution in [2.75, 3.05) is 0 Å². The molecule has 120 valence electrons. The average molecular weight is 298 g/mol. The molecule has 0 unspecified atom stereocenters. The maximum atomic E-state index is 12.1. The lowest BCUT2D eigenvalue weighted by Gasteiger charge is -2.37. The van der Waals surface area contributed by atoms with Crippen LogP contribution in [0.15, 0.2) is 0 Å². The van der Waals surface area contributed by atoms with Crippen molar-refractivity contribution in [3.63, 3.8) is 0 Å². The van der Waals surface area contributed by atoms with Gasteiger partial charge in [-0.25, -0.2) is 0 Å². The van der Waals surface area contributed by atoms with Gasteiger partial charge >= 0.3 is 5.97 Å². The third kappa shape index (κ3) is 4.51. The Balaban J connectivity index is 1.71. The molecule has 0 aromatic rings. The quantitative estimate of drug-likeness (QED) is 0.705. The van der Waals surface area contributed by atoms with Gasteiger partial charge in [0.25, 0.3) is 0 Å². The molecule has 0 aromatic heterocycles. The lowest BCUT2D eigenvalue weighted by atomic mass is 9.83. The number of carboxylic acid groups (broad SMARTS) is 1. The summed E-state index contributed by atoms with van der Waals surface area (Å²) < 4.78 is 5.64. The van der Waals surface area contributed by atoms with Gasteiger partial charge < -0.3 is 14.9 Å². The van der Waals surface area contributed by atoms with Crippen LogP contribution >= 0.6 is 0 Å². The van der Waals surface area contributed by atoms with Gasteiger partial charge in [-0.1, -0.05) is 19.3 Å². The Morgan fingerprint density at radius 2 is 2.05 bits per heavy atom. The predicted molar refractivity (Wildman–Crippen MR) is 76.7 cm³/mol. The molecular weight excluding hydrogens is 272 g/mol. The van der Waals surface area contributed by atoms with E-state index < -0.39 is 11.8 Å². The Hall–Kier alpha value is -0.940. The van der Waals surface area contributed by atoms with Crippen LogP contribution in [-0.2, 0) is 14.3 Å². The number of hydrogen-bond acceptors (Lipinski definition) is 4. The van der Waals surface area contributed by atoms with E-state index in [-0.39, 0.29) is 30.1 Å². The summed E-state index contributed by atoms with van der Waals surface area (Å²) in [7, 11) is 0. The minimum absolute atomic E-state index is 0.0746. The molecule has 0 radical (unpaired) electrons. The summed E-state index contributed by atoms with van der Waals surface area (Å²) in [5.41, 5.74) is 0. The monoisotopic (exact) mass is 298 g/mol. The zero-order valence-corrected chi connectivity index (χ0v) is 12.7. The van der Waals surface area contributed by atoms with Gasteiger partial charge in [-0.05, 0) is 32.1 Å². The number of aliphatic hydroxyl groups is 1. The van der Waals surface area contributed by atoms with Gasteiger partial charge in [-0.3, -0.25) is 9.59 Å². The normalized spacial score (nSPS) is 35.7. The summed E-state index contributed by atoms with van der Waals surface area (Å²) >= 11 is 0. The largest absolute Gasteiger partial charge is 0.481 e. The van der Waals surface area contributed by atoms with Crippen LogP contribution in [0, 0.1) is 11.8 Å². The number of aliphatic carboxylic acids is 1. The van der Waals surface area contributed by atoms with Crippen molar-refractivity contribution in [2.24, 2.45) is 11.8 Å². The molecule has 21 heavy (non-hydrogen) atoms. The van der Waals surface area contributed by atoms with Crippen LogP contribution < -0.4 is 0 Å². The van der Waals surface area contributed by atoms with Gasteiger partial charge in [0.05, 0.1) is 6.10 Å². The molecule has 1 aliphatic heterocycles. The van der Waals surface area contributed by atoms with Crippen LogP contribution in [0.1, 0.15) is 64.7 Å². The number of carboxylic acids is 1. The van der Waals surface area contributed by atoms with E-state index in [4.69, 9.17) is 9.84 Å². The van der Waals surface area contributed by atoms with E-state index in [1.165, 1.54) is 0 Å². The van der Waals surface area contributed by atoms with Crippen molar-refractivity contribution in [2.45, 2.75) is 76.6 Å². The summed E-state index contributed by atoms with van der Waals surface area (Å²) in [6.07, 6.45) is 6.45. The number of rotatable bonds is 7. The predicted octanol–water partition coefficient (Wildman–Crippen LogP) is 2.50. The minimum Gasteiger partial charge on any atom is -0.481 e. The highest BCUT2D eigenvalue weighted by atomic mass is 16.6. The second-order valence-corrected chi connectivity index (χ2v) is 6.66. The third-order valence-corrected chi connectivity index (χ3v) is 4.81. The smallest absolute Gasteiger partial charge is 0.303 e. The molecule has 1 heterocycles. The summed E-state index contributed by atoms with van der Waals surface area (Å²) in [6.45, 7) is 1.67. The van der Waals surface area contributed by atoms with Crippen LogP contribution in [0.3, 0.4) is 0 Å². The number of ketones is 1. The SMILES string of the molecule is C[C@@]1(O)CC[C@H]2[C@@H](CC(=O)[C@@H]2CCCCCCC(=O)O)O1. The van der Waals surface area contributed by atoms with Crippen LogP contribution in [-0.4, -0.2) is 33.9 Å². The molecule has 2 fully saturated rings. The van der Waals surface area contributed by atoms with Crippen LogP contribution in [0.2, 0.25) is 0 Å². The van der Waals surface area contributed by atoms with Crippen LogP contribution in [0.25, 0.3) is 0 Å². The molecule has 0 aromatic carbocycles. The van der Waals surface area contributed by atoms with E-state index in [1.54, 1.807) is 6.92 Å². The molecule has 1 saturated carbocycles. The van der Waals surface area contributed by atoms with Crippen molar-refractivity contribution in [3.8, 4) is 0 Å². The third-order valence-electron chi connectivity index (χ3n) is 4.81. The van der Waals surface area contributed by atoms with Gasteiger partial charge in [-0.15, -0.1) is 0 Å². The molecule has 2 rings (SSSR count). The Morgan fingerprint density at radius 1 is 1.33 bits per heavy atom. The number of ether oxygens (including phenoxy) is 1. The highest BCUT2D eigenvalue weighted by Crippen LogP contribution is 2.44. The molecule has 0 bridgehead atoms. The van der Waals surface area contributed by atoms with Crippen molar-refractivity contribution in [3.05, 3.63) is 0 Å². The molecule has 0 amide bonds. The lowest BCUT2D eigenvalue weighted by molar-refractivity contribution is -0.253. The second-order valence-electron chi connectivity index (χ2n) is 6.66. The highest BCUT2D eigenvalue weighted by Gasteiger charge is 2.48. The molecule has 1 aliphatic carbocycles. The number of carbonyl (C=O) groups excluding carboxylic acids is 1. The first-order chi connectivity index (χ1) is 9.89. The number of unbranched alkanes of at least 4 members (excludes halogenated alkanes) is 3. The summed E-state index contributed by atoms with van der Waals surface area (Å²) in [6, 6.07) is 0. The molecular formula is C16H26O5. The highest BCUT2D eigenvalue weighted by molar-refractivity contribution is 5.84. The van der Waals surface area contributed by atoms with Gasteiger partial charge in [0, 0.05) is 25.2 Å². The maximum absolute atomic E-state index is 12.1. The molecule has 5 heteroatoms. The second kappa shape index (κ2) is 6.88. The Labute approximate surface area is 125 Å². The van der Waals surface area contributed by atoms with Crippen molar-refractivity contribution >= 4 is 11.8 Å². The first kappa shape index (κ1) is 16.4. The van der Waals surface area contributed by atoms with E-state index in [1.807, 2.05) is 0 Å². The molecule has 4 atom stereocenters. The minimum atomic E-state index is -1.08. The summed E-state index contributed by atoms with van der Waals surface area (Å²) in [5.74, 6) is -1.21. The number of fused-ring (bicyclic) bond motifs is 1. The van der Waals surface area contributed by atoms with Crippen LogP contribution in [0.4, 0.5) is 0 Å². The van der Waals surface area contributed by atoms with Gasteiger partial charge in [-0.2, -0.15) is 0 Å². The average Bonchev–Trinajstić information content (AvgIpc) is 2.67. The fraction of sp³-hybridized carbons (Fsp3) is 0.875. The fourth-order valence-electron chi connectivity index (χ4n) is 3.70. The molecule has 5 nitrogen and oxygen atoms in total. The van der Waals surface area contributed by atoms with E-state index in [9.17, 15) is 14.7 Å². The van der Waals surface area contributed by atoms with E-state index >= 15 is 0 Å². The first-order valence-corrected chi connectivity index (χ1v) is 8.04. The molecule has 2 aliphatic rings. The van der Waals surface area contributed by atoms with Crippen molar-refractivity contribution in [1.29, 1.82) is 0 Å². The van der Waals surface area contributed by atoms with Gasteiger partial charge in [0.15, 0.2) is 5.79 Å².